The second kappa shape index (κ2) is 6.93. The molecule has 5 nitrogen and oxygen atoms in total. The largest absolute Gasteiger partial charge is 0.346 e. The van der Waals surface area contributed by atoms with E-state index in [0.29, 0.717) is 11.6 Å². The van der Waals surface area contributed by atoms with Crippen molar-refractivity contribution < 1.29 is 9.18 Å². The number of hydrogen-bond donors (Lipinski definition) is 1. The third kappa shape index (κ3) is 3.86. The lowest BCUT2D eigenvalue weighted by Gasteiger charge is -2.10. The number of aromatic nitrogens is 2. The van der Waals surface area contributed by atoms with E-state index in [1.54, 1.807) is 12.1 Å². The monoisotopic (exact) mass is 320 g/mol. The molecule has 1 aliphatic rings. The van der Waals surface area contributed by atoms with Gasteiger partial charge in [-0.1, -0.05) is 23.5 Å². The Kier molecular flexibility index (Phi) is 4.74. The second-order valence-electron chi connectivity index (χ2n) is 5.29. The lowest BCUT2D eigenvalue weighted by molar-refractivity contribution is 0.0950. The number of carbonyl (C=O) groups excluding carboxylic acids is 1. The van der Waals surface area contributed by atoms with Crippen molar-refractivity contribution in [2.24, 2.45) is 0 Å². The van der Waals surface area contributed by atoms with E-state index >= 15 is 0 Å². The van der Waals surface area contributed by atoms with Crippen LogP contribution < -0.4 is 5.32 Å². The molecule has 1 N–H and O–H groups in total. The van der Waals surface area contributed by atoms with Crippen LogP contribution in [0, 0.1) is 5.82 Å². The number of rotatable bonds is 5. The molecule has 22 heavy (non-hydrogen) atoms. The Morgan fingerprint density at radius 2 is 1.95 bits per heavy atom. The van der Waals surface area contributed by atoms with Crippen molar-refractivity contribution in [3.8, 4) is 0 Å². The van der Waals surface area contributed by atoms with Gasteiger partial charge in [-0.15, -0.1) is 10.2 Å². The zero-order valence-electron chi connectivity index (χ0n) is 12.1. The molecule has 0 spiro atoms. The molecule has 1 aromatic heterocycles. The normalized spacial score (nSPS) is 15.1. The summed E-state index contributed by atoms with van der Waals surface area (Å²) in [6.45, 7) is 3.29. The predicted molar refractivity (Wildman–Crippen MR) is 82.0 cm³/mol. The predicted octanol–water partition coefficient (Wildman–Crippen LogP) is 2.20. The van der Waals surface area contributed by atoms with E-state index < -0.39 is 0 Å². The van der Waals surface area contributed by atoms with Crippen molar-refractivity contribution in [3.05, 3.63) is 45.7 Å². The maximum atomic E-state index is 12.8. The highest BCUT2D eigenvalue weighted by Gasteiger charge is 2.17. The van der Waals surface area contributed by atoms with Crippen molar-refractivity contribution in [3.63, 3.8) is 0 Å². The van der Waals surface area contributed by atoms with E-state index in [1.807, 2.05) is 0 Å². The average Bonchev–Trinajstić information content (AvgIpc) is 3.19. The molecular formula is C15H17FN4OS. The van der Waals surface area contributed by atoms with Gasteiger partial charge in [0.1, 0.15) is 10.8 Å². The van der Waals surface area contributed by atoms with Gasteiger partial charge in [-0.05, 0) is 43.6 Å². The van der Waals surface area contributed by atoms with E-state index in [1.165, 1.54) is 36.3 Å². The minimum Gasteiger partial charge on any atom is -0.346 e. The first-order chi connectivity index (χ1) is 10.7. The molecule has 0 saturated carbocycles. The summed E-state index contributed by atoms with van der Waals surface area (Å²) in [5.41, 5.74) is 0.844. The molecule has 0 unspecified atom stereocenters. The first kappa shape index (κ1) is 15.1. The Labute approximate surface area is 132 Å². The van der Waals surface area contributed by atoms with Crippen LogP contribution in [-0.4, -0.2) is 34.1 Å². The maximum Gasteiger partial charge on any atom is 0.282 e. The third-order valence-corrected chi connectivity index (χ3v) is 4.49. The van der Waals surface area contributed by atoms with Crippen LogP contribution in [0.15, 0.2) is 24.3 Å². The molecule has 0 radical (unpaired) electrons. The summed E-state index contributed by atoms with van der Waals surface area (Å²) in [5, 5.41) is 12.1. The number of likely N-dealkylation sites (tertiary alicyclic amines) is 1. The fourth-order valence-corrected chi connectivity index (χ4v) is 3.20. The second-order valence-corrected chi connectivity index (χ2v) is 6.36. The third-order valence-electron chi connectivity index (χ3n) is 3.58. The van der Waals surface area contributed by atoms with Crippen molar-refractivity contribution in [2.45, 2.75) is 25.9 Å². The first-order valence-corrected chi connectivity index (χ1v) is 8.10. The van der Waals surface area contributed by atoms with Crippen LogP contribution in [0.25, 0.3) is 0 Å². The fourth-order valence-electron chi connectivity index (χ4n) is 2.40. The molecule has 1 amide bonds. The van der Waals surface area contributed by atoms with E-state index in [-0.39, 0.29) is 11.7 Å². The fraction of sp³-hybridized carbons (Fsp3) is 0.400. The van der Waals surface area contributed by atoms with E-state index in [2.05, 4.69) is 20.4 Å². The van der Waals surface area contributed by atoms with Crippen LogP contribution >= 0.6 is 11.3 Å². The summed E-state index contributed by atoms with van der Waals surface area (Å²) in [6.07, 6.45) is 2.45. The topological polar surface area (TPSA) is 58.1 Å². The number of nitrogens with zero attached hydrogens (tertiary/aromatic N) is 3. The number of nitrogens with one attached hydrogen (secondary N) is 1. The van der Waals surface area contributed by atoms with Crippen molar-refractivity contribution in [1.29, 1.82) is 0 Å². The van der Waals surface area contributed by atoms with Gasteiger partial charge in [0, 0.05) is 6.54 Å². The van der Waals surface area contributed by atoms with Gasteiger partial charge in [-0.2, -0.15) is 0 Å². The van der Waals surface area contributed by atoms with Gasteiger partial charge in [0.05, 0.1) is 6.54 Å². The summed E-state index contributed by atoms with van der Waals surface area (Å²) in [7, 11) is 0. The van der Waals surface area contributed by atoms with Crippen LogP contribution in [0.5, 0.6) is 0 Å². The number of halogens is 1. The Hall–Kier alpha value is -1.86. The zero-order chi connectivity index (χ0) is 15.4. The number of carbonyl (C=O) groups is 1. The molecule has 1 aromatic carbocycles. The number of hydrogen-bond acceptors (Lipinski definition) is 5. The van der Waals surface area contributed by atoms with Gasteiger partial charge in [0.25, 0.3) is 5.91 Å². The maximum absolute atomic E-state index is 12.8. The highest BCUT2D eigenvalue weighted by atomic mass is 32.1. The Morgan fingerprint density at radius 1 is 1.23 bits per heavy atom. The molecular weight excluding hydrogens is 303 g/mol. The van der Waals surface area contributed by atoms with Crippen molar-refractivity contribution in [1.82, 2.24) is 20.4 Å². The van der Waals surface area contributed by atoms with Gasteiger partial charge in [-0.3, -0.25) is 9.69 Å². The number of benzene rings is 1. The lowest BCUT2D eigenvalue weighted by atomic mass is 10.2. The molecule has 1 fully saturated rings. The average molecular weight is 320 g/mol. The lowest BCUT2D eigenvalue weighted by Crippen LogP contribution is -2.22. The minimum absolute atomic E-state index is 0.241. The van der Waals surface area contributed by atoms with Gasteiger partial charge in [0.2, 0.25) is 5.01 Å². The zero-order valence-corrected chi connectivity index (χ0v) is 12.9. The quantitative estimate of drug-likeness (QED) is 0.917. The smallest absolute Gasteiger partial charge is 0.282 e. The molecule has 1 saturated heterocycles. The molecule has 1 aliphatic heterocycles. The Morgan fingerprint density at radius 3 is 2.68 bits per heavy atom. The van der Waals surface area contributed by atoms with Crippen molar-refractivity contribution >= 4 is 17.2 Å². The van der Waals surface area contributed by atoms with Crippen LogP contribution in [0.1, 0.15) is 33.2 Å². The minimum atomic E-state index is -0.286. The highest BCUT2D eigenvalue weighted by molar-refractivity contribution is 7.13. The summed E-state index contributed by atoms with van der Waals surface area (Å²) in [6, 6.07) is 6.05. The standard InChI is InChI=1S/C15H17FN4OS/c16-12-5-3-11(4-6-12)9-17-14(21)15-19-18-13(22-15)10-20-7-1-2-8-20/h3-6H,1-2,7-10H2,(H,17,21). The van der Waals surface area contributed by atoms with Gasteiger partial charge < -0.3 is 5.32 Å². The molecule has 3 rings (SSSR count). The summed E-state index contributed by atoms with van der Waals surface area (Å²) >= 11 is 1.33. The van der Waals surface area contributed by atoms with Crippen molar-refractivity contribution in [2.75, 3.05) is 13.1 Å². The van der Waals surface area contributed by atoms with Gasteiger partial charge in [0.15, 0.2) is 0 Å². The summed E-state index contributed by atoms with van der Waals surface area (Å²) in [5.74, 6) is -0.528. The Bertz CT molecular complexity index is 637. The van der Waals surface area contributed by atoms with Crippen LogP contribution in [0.4, 0.5) is 4.39 Å². The first-order valence-electron chi connectivity index (χ1n) is 7.28. The molecule has 7 heteroatoms. The molecule has 0 atom stereocenters. The Balaban J connectivity index is 1.53. The molecule has 2 aromatic rings. The van der Waals surface area contributed by atoms with Gasteiger partial charge in [-0.25, -0.2) is 4.39 Å². The number of amides is 1. The van der Waals surface area contributed by atoms with E-state index in [9.17, 15) is 9.18 Å². The molecule has 0 aliphatic carbocycles. The van der Waals surface area contributed by atoms with E-state index in [0.717, 1.165) is 30.2 Å². The molecule has 0 bridgehead atoms. The molecule has 2 heterocycles. The van der Waals surface area contributed by atoms with Crippen LogP contribution in [0.2, 0.25) is 0 Å². The van der Waals surface area contributed by atoms with Gasteiger partial charge >= 0.3 is 0 Å². The van der Waals surface area contributed by atoms with E-state index in [4.69, 9.17) is 0 Å². The summed E-state index contributed by atoms with van der Waals surface area (Å²) in [4.78, 5) is 14.4. The molecule has 116 valence electrons. The summed E-state index contributed by atoms with van der Waals surface area (Å²) < 4.78 is 12.8. The van der Waals surface area contributed by atoms with Crippen LogP contribution in [0.3, 0.4) is 0 Å². The van der Waals surface area contributed by atoms with Crippen LogP contribution in [-0.2, 0) is 13.1 Å². The highest BCUT2D eigenvalue weighted by Crippen LogP contribution is 2.16. The SMILES string of the molecule is O=C(NCc1ccc(F)cc1)c1nnc(CN2CCCC2)s1.